The molecule has 1 heterocycles. The summed E-state index contributed by atoms with van der Waals surface area (Å²) in [5.74, 6) is 0.276. The molecule has 2 unspecified atom stereocenters. The smallest absolute Gasteiger partial charge is 0.406 e. The molecule has 0 saturated heterocycles. The largest absolute Gasteiger partial charge is 0.573 e. The lowest BCUT2D eigenvalue weighted by atomic mass is 9.95. The number of alkyl halides is 3. The van der Waals surface area contributed by atoms with E-state index < -0.39 is 6.36 Å². The van der Waals surface area contributed by atoms with Crippen LogP contribution in [0.1, 0.15) is 32.3 Å². The summed E-state index contributed by atoms with van der Waals surface area (Å²) in [6.07, 6.45) is -1.01. The lowest BCUT2D eigenvalue weighted by Crippen LogP contribution is -2.35. The first-order valence-corrected chi connectivity index (χ1v) is 8.05. The monoisotopic (exact) mass is 344 g/mol. The minimum atomic E-state index is -4.66. The highest BCUT2D eigenvalue weighted by molar-refractivity contribution is 5.58. The number of hydrogen-bond donors (Lipinski definition) is 1. The Morgan fingerprint density at radius 1 is 1.21 bits per heavy atom. The first kappa shape index (κ1) is 18.6. The summed E-state index contributed by atoms with van der Waals surface area (Å²) >= 11 is 0. The molecule has 134 valence electrons. The summed E-state index contributed by atoms with van der Waals surface area (Å²) < 4.78 is 45.6. The minimum Gasteiger partial charge on any atom is -0.406 e. The number of benzene rings is 1. The minimum absolute atomic E-state index is 0.224. The molecule has 0 bridgehead atoms. The summed E-state index contributed by atoms with van der Waals surface area (Å²) in [5.41, 5.74) is 0.812. The van der Waals surface area contributed by atoms with Crippen LogP contribution in [0.15, 0.2) is 29.3 Å². The number of nitrogens with zero attached hydrogens (tertiary/aromatic N) is 1. The first-order chi connectivity index (χ1) is 11.3. The molecule has 1 aromatic carbocycles. The van der Waals surface area contributed by atoms with Gasteiger partial charge in [-0.2, -0.15) is 0 Å². The van der Waals surface area contributed by atoms with Crippen LogP contribution in [0.4, 0.5) is 13.2 Å². The average molecular weight is 344 g/mol. The Kier molecular flexibility index (Phi) is 6.48. The van der Waals surface area contributed by atoms with Crippen molar-refractivity contribution in [1.29, 1.82) is 0 Å². The normalized spacial score (nSPS) is 20.4. The zero-order valence-corrected chi connectivity index (χ0v) is 13.8. The van der Waals surface area contributed by atoms with Gasteiger partial charge in [-0.3, -0.25) is 4.99 Å². The van der Waals surface area contributed by atoms with Crippen LogP contribution < -0.4 is 10.1 Å². The molecular weight excluding hydrogens is 321 g/mol. The number of hydrogen-bond acceptors (Lipinski definition) is 4. The van der Waals surface area contributed by atoms with Crippen LogP contribution in [0.2, 0.25) is 0 Å². The molecule has 0 aliphatic carbocycles. The summed E-state index contributed by atoms with van der Waals surface area (Å²) in [6, 6.07) is 6.39. The van der Waals surface area contributed by atoms with E-state index in [9.17, 15) is 13.2 Å². The summed E-state index contributed by atoms with van der Waals surface area (Å²) in [5, 5.41) is 3.27. The Hall–Kier alpha value is -1.76. The molecule has 1 aromatic rings. The zero-order chi connectivity index (χ0) is 17.6. The van der Waals surface area contributed by atoms with E-state index in [-0.39, 0.29) is 5.75 Å². The summed E-state index contributed by atoms with van der Waals surface area (Å²) in [4.78, 5) is 4.43. The first-order valence-electron chi connectivity index (χ1n) is 8.05. The van der Waals surface area contributed by atoms with Gasteiger partial charge in [0.1, 0.15) is 5.75 Å². The molecule has 0 radical (unpaired) electrons. The molecule has 0 amide bonds. The predicted molar refractivity (Wildman–Crippen MR) is 86.1 cm³/mol. The highest BCUT2D eigenvalue weighted by Gasteiger charge is 2.31. The van der Waals surface area contributed by atoms with Gasteiger partial charge in [0.15, 0.2) is 0 Å². The number of aliphatic imine (C=N–C) groups is 1. The second kappa shape index (κ2) is 8.37. The van der Waals surface area contributed by atoms with E-state index in [2.05, 4.69) is 28.9 Å². The molecule has 0 aromatic heterocycles. The van der Waals surface area contributed by atoms with Crippen molar-refractivity contribution in [1.82, 2.24) is 5.32 Å². The topological polar surface area (TPSA) is 42.9 Å². The number of rotatable bonds is 8. The van der Waals surface area contributed by atoms with Gasteiger partial charge >= 0.3 is 6.36 Å². The number of nitrogens with one attached hydrogen (secondary N) is 1. The van der Waals surface area contributed by atoms with E-state index in [1.54, 1.807) is 18.5 Å². The fourth-order valence-corrected chi connectivity index (χ4v) is 2.70. The molecule has 7 heteroatoms. The van der Waals surface area contributed by atoms with Crippen LogP contribution in [-0.2, 0) is 11.3 Å². The quantitative estimate of drug-likeness (QED) is 0.727. The molecule has 1 N–H and O–H groups in total. The van der Waals surface area contributed by atoms with Crippen LogP contribution in [0.25, 0.3) is 0 Å². The fraction of sp³-hybridized carbons (Fsp3) is 0.588. The number of ether oxygens (including phenoxy) is 2. The Morgan fingerprint density at radius 2 is 1.92 bits per heavy atom. The Balaban J connectivity index is 1.64. The molecule has 1 aliphatic rings. The van der Waals surface area contributed by atoms with Crippen molar-refractivity contribution < 1.29 is 22.6 Å². The summed E-state index contributed by atoms with van der Waals surface area (Å²) in [6.45, 7) is 5.29. The molecule has 0 spiro atoms. The van der Waals surface area contributed by atoms with Gasteiger partial charge in [-0.1, -0.05) is 26.0 Å². The maximum atomic E-state index is 12.1. The maximum absolute atomic E-state index is 12.1. The number of halogens is 3. The average Bonchev–Trinajstić information content (AvgIpc) is 2.96. The molecule has 0 fully saturated rings. The van der Waals surface area contributed by atoms with Crippen LogP contribution in [0.3, 0.4) is 0 Å². The van der Waals surface area contributed by atoms with Crippen molar-refractivity contribution in [2.24, 2.45) is 10.9 Å². The van der Waals surface area contributed by atoms with Gasteiger partial charge in [-0.25, -0.2) is 0 Å². The Bertz CT molecular complexity index is 530. The van der Waals surface area contributed by atoms with Crippen LogP contribution in [0.5, 0.6) is 5.75 Å². The Morgan fingerprint density at radius 3 is 2.54 bits per heavy atom. The van der Waals surface area contributed by atoms with Crippen molar-refractivity contribution in [2.45, 2.75) is 51.7 Å². The highest BCUT2D eigenvalue weighted by atomic mass is 19.4. The van der Waals surface area contributed by atoms with Gasteiger partial charge < -0.3 is 14.8 Å². The fourth-order valence-electron chi connectivity index (χ4n) is 2.70. The third-order valence-electron chi connectivity index (χ3n) is 3.86. The predicted octanol–water partition coefficient (Wildman–Crippen LogP) is 3.91. The van der Waals surface area contributed by atoms with E-state index in [1.807, 2.05) is 0 Å². The van der Waals surface area contributed by atoms with E-state index in [1.165, 1.54) is 12.1 Å². The zero-order valence-electron chi connectivity index (χ0n) is 13.8. The van der Waals surface area contributed by atoms with E-state index >= 15 is 0 Å². The molecule has 1 aliphatic heterocycles. The third kappa shape index (κ3) is 6.03. The van der Waals surface area contributed by atoms with E-state index in [4.69, 9.17) is 4.74 Å². The van der Waals surface area contributed by atoms with Crippen molar-refractivity contribution in [3.05, 3.63) is 29.8 Å². The van der Waals surface area contributed by atoms with Crippen LogP contribution in [-0.4, -0.2) is 31.4 Å². The molecule has 2 rings (SSSR count). The SMILES string of the molecule is CC(C)C1N=CNC1CCCOCc1ccc(OC(F)(F)F)cc1. The second-order valence-corrected chi connectivity index (χ2v) is 6.17. The van der Waals surface area contributed by atoms with Gasteiger partial charge in [0.2, 0.25) is 0 Å². The maximum Gasteiger partial charge on any atom is 0.573 e. The summed E-state index contributed by atoms with van der Waals surface area (Å²) in [7, 11) is 0. The lowest BCUT2D eigenvalue weighted by molar-refractivity contribution is -0.274. The van der Waals surface area contributed by atoms with Gasteiger partial charge in [0.25, 0.3) is 0 Å². The molecule has 4 nitrogen and oxygen atoms in total. The van der Waals surface area contributed by atoms with Crippen LogP contribution >= 0.6 is 0 Å². The lowest BCUT2D eigenvalue weighted by Gasteiger charge is -2.21. The molecule has 0 saturated carbocycles. The molecule has 2 atom stereocenters. The van der Waals surface area contributed by atoms with Gasteiger partial charge in [-0.05, 0) is 36.5 Å². The van der Waals surface area contributed by atoms with Gasteiger partial charge in [0.05, 0.1) is 19.0 Å². The van der Waals surface area contributed by atoms with Gasteiger partial charge in [0, 0.05) is 12.6 Å². The van der Waals surface area contributed by atoms with Crippen molar-refractivity contribution in [3.63, 3.8) is 0 Å². The van der Waals surface area contributed by atoms with E-state index in [0.29, 0.717) is 31.2 Å². The standard InChI is InChI=1S/C17H23F3N2O2/c1-12(2)16-15(21-11-22-16)4-3-9-23-10-13-5-7-14(8-6-13)24-17(18,19)20/h5-8,11-12,15-16H,3-4,9-10H2,1-2H3,(H,21,22). The van der Waals surface area contributed by atoms with E-state index in [0.717, 1.165) is 18.4 Å². The third-order valence-corrected chi connectivity index (χ3v) is 3.86. The molecular formula is C17H23F3N2O2. The Labute approximate surface area is 140 Å². The van der Waals surface area contributed by atoms with Crippen LogP contribution in [0, 0.1) is 5.92 Å². The van der Waals surface area contributed by atoms with Gasteiger partial charge in [-0.15, -0.1) is 13.2 Å². The van der Waals surface area contributed by atoms with Crippen molar-refractivity contribution >= 4 is 6.34 Å². The second-order valence-electron chi connectivity index (χ2n) is 6.17. The highest BCUT2D eigenvalue weighted by Crippen LogP contribution is 2.23. The molecule has 24 heavy (non-hydrogen) atoms. The van der Waals surface area contributed by atoms with Crippen molar-refractivity contribution in [3.8, 4) is 5.75 Å². The van der Waals surface area contributed by atoms with Crippen molar-refractivity contribution in [2.75, 3.05) is 6.61 Å².